The Kier molecular flexibility index (Phi) is 13.4. The molecule has 1 aromatic heterocycles. The molecule has 43 heavy (non-hydrogen) atoms. The molecule has 0 atom stereocenters. The summed E-state index contributed by atoms with van der Waals surface area (Å²) in [4.78, 5) is 31.0. The van der Waals surface area contributed by atoms with Crippen molar-refractivity contribution in [2.24, 2.45) is 5.10 Å². The number of carbonyl (C=O) groups is 2. The third-order valence-electron chi connectivity index (χ3n) is 7.44. The van der Waals surface area contributed by atoms with Gasteiger partial charge < -0.3 is 14.7 Å². The highest BCUT2D eigenvalue weighted by molar-refractivity contribution is 9.08. The molecule has 2 heterocycles. The summed E-state index contributed by atoms with van der Waals surface area (Å²) in [5, 5.41) is 18.2. The van der Waals surface area contributed by atoms with Gasteiger partial charge in [-0.25, -0.2) is 4.98 Å². The summed E-state index contributed by atoms with van der Waals surface area (Å²) >= 11 is 4.63. The number of benzene rings is 1. The number of ether oxygens (including phenoxy) is 1. The summed E-state index contributed by atoms with van der Waals surface area (Å²) in [7, 11) is 1.75. The first-order valence-corrected chi connectivity index (χ1v) is 17.2. The van der Waals surface area contributed by atoms with E-state index in [0.717, 1.165) is 34.9 Å². The molecule has 8 nitrogen and oxygen atoms in total. The highest BCUT2D eigenvalue weighted by Gasteiger charge is 2.30. The van der Waals surface area contributed by atoms with Gasteiger partial charge in [0.2, 0.25) is 5.91 Å². The molecule has 2 aromatic rings. The average Bonchev–Trinajstić information content (AvgIpc) is 3.46. The Labute approximate surface area is 270 Å². The predicted molar refractivity (Wildman–Crippen MR) is 182 cm³/mol. The first-order chi connectivity index (χ1) is 20.2. The van der Waals surface area contributed by atoms with Gasteiger partial charge in [-0.15, -0.1) is 11.3 Å². The van der Waals surface area contributed by atoms with Crippen LogP contribution in [0.15, 0.2) is 35.3 Å². The third kappa shape index (κ3) is 9.89. The van der Waals surface area contributed by atoms with Gasteiger partial charge in [0.15, 0.2) is 0 Å². The number of thiazole rings is 1. The molecule has 0 radical (unpaired) electrons. The van der Waals surface area contributed by atoms with Crippen LogP contribution in [0, 0.1) is 0 Å². The summed E-state index contributed by atoms with van der Waals surface area (Å²) in [5.74, 6) is 2.09. The van der Waals surface area contributed by atoms with Gasteiger partial charge in [-0.05, 0) is 54.6 Å². The number of carboxylic acid groups (broad SMARTS) is 1. The van der Waals surface area contributed by atoms with Gasteiger partial charge in [-0.3, -0.25) is 14.6 Å². The molecule has 10 heteroatoms. The molecule has 0 saturated carbocycles. The largest absolute Gasteiger partial charge is 0.496 e. The van der Waals surface area contributed by atoms with E-state index in [1.807, 2.05) is 17.7 Å². The number of aromatic nitrogens is 1. The molecule has 238 valence electrons. The normalized spacial score (nSPS) is 14.6. The lowest BCUT2D eigenvalue weighted by atomic mass is 9.78. The molecule has 1 aromatic carbocycles. The third-order valence-corrected chi connectivity index (χ3v) is 8.45. The van der Waals surface area contributed by atoms with Gasteiger partial charge in [-0.2, -0.15) is 5.10 Å². The quantitative estimate of drug-likeness (QED) is 0.159. The molecule has 3 rings (SSSR count). The van der Waals surface area contributed by atoms with Crippen molar-refractivity contribution in [3.63, 3.8) is 0 Å². The molecule has 0 unspecified atom stereocenters. The molecular weight excluding hydrogens is 628 g/mol. The standard InChI is InChI=1S/C32H46N4O4S.CH3Br/c1-10-23(18-28(38)39)34-36(11-2)19-27(37)35-14-12-21(13-15-35)30-33-26(20-41-30)22-16-24(31(3,4)5)29(40-9)25(17-22)32(6,7)8;1-2/h10,16-17,20-21H,1,11-15,18-19H2,2-9H3,(H,38,39);1H3/b34-23+;. The fraction of sp³-hybridized carbons (Fsp3) is 0.576. The number of alkyl halides is 1. The maximum absolute atomic E-state index is 13.0. The molecule has 1 amide bonds. The number of allylic oxidation sites excluding steroid dienone is 1. The van der Waals surface area contributed by atoms with Crippen LogP contribution in [0.1, 0.15) is 89.8 Å². The lowest BCUT2D eigenvalue weighted by Crippen LogP contribution is -2.43. The van der Waals surface area contributed by atoms with E-state index < -0.39 is 5.97 Å². The molecule has 1 fully saturated rings. The van der Waals surface area contributed by atoms with Gasteiger partial charge in [0, 0.05) is 47.6 Å². The number of likely N-dealkylation sites (tertiary alicyclic amines) is 1. The van der Waals surface area contributed by atoms with Crippen molar-refractivity contribution in [2.75, 3.05) is 39.1 Å². The minimum Gasteiger partial charge on any atom is -0.496 e. The van der Waals surface area contributed by atoms with Crippen LogP contribution >= 0.6 is 27.3 Å². The molecule has 0 bridgehead atoms. The van der Waals surface area contributed by atoms with Crippen molar-refractivity contribution in [1.29, 1.82) is 0 Å². The van der Waals surface area contributed by atoms with Crippen molar-refractivity contribution in [3.05, 3.63) is 46.3 Å². The first-order valence-electron chi connectivity index (χ1n) is 14.7. The van der Waals surface area contributed by atoms with Crippen LogP contribution in [0.2, 0.25) is 0 Å². The van der Waals surface area contributed by atoms with Crippen molar-refractivity contribution in [2.45, 2.75) is 84.5 Å². The number of carboxylic acids is 1. The Bertz CT molecular complexity index is 1250. The molecule has 1 aliphatic heterocycles. The Morgan fingerprint density at radius 2 is 1.72 bits per heavy atom. The van der Waals surface area contributed by atoms with Crippen LogP contribution in [0.5, 0.6) is 5.75 Å². The number of halogens is 1. The number of aliphatic carboxylic acids is 1. The second-order valence-electron chi connectivity index (χ2n) is 12.7. The van der Waals surface area contributed by atoms with Crippen molar-refractivity contribution in [1.82, 2.24) is 14.9 Å². The molecule has 1 N–H and O–H groups in total. The summed E-state index contributed by atoms with van der Waals surface area (Å²) in [6.07, 6.45) is 2.91. The van der Waals surface area contributed by atoms with Gasteiger partial charge >= 0.3 is 5.97 Å². The lowest BCUT2D eigenvalue weighted by Gasteiger charge is -2.32. The zero-order valence-electron chi connectivity index (χ0n) is 27.3. The maximum Gasteiger partial charge on any atom is 0.309 e. The fourth-order valence-electron chi connectivity index (χ4n) is 5.05. The van der Waals surface area contributed by atoms with Crippen LogP contribution < -0.4 is 4.74 Å². The van der Waals surface area contributed by atoms with E-state index >= 15 is 0 Å². The van der Waals surface area contributed by atoms with E-state index in [1.54, 1.807) is 23.5 Å². The van der Waals surface area contributed by atoms with E-state index in [2.05, 4.69) is 86.7 Å². The summed E-state index contributed by atoms with van der Waals surface area (Å²) in [6.45, 7) is 20.7. The number of methoxy groups -OCH3 is 1. The van der Waals surface area contributed by atoms with Gasteiger partial charge in [0.25, 0.3) is 0 Å². The van der Waals surface area contributed by atoms with E-state index in [0.29, 0.717) is 31.3 Å². The zero-order valence-corrected chi connectivity index (χ0v) is 29.7. The van der Waals surface area contributed by atoms with Gasteiger partial charge in [0.1, 0.15) is 12.3 Å². The van der Waals surface area contributed by atoms with Crippen molar-refractivity contribution < 1.29 is 19.4 Å². The molecule has 1 aliphatic rings. The summed E-state index contributed by atoms with van der Waals surface area (Å²) < 4.78 is 5.93. The maximum atomic E-state index is 13.0. The molecule has 0 aliphatic carbocycles. The monoisotopic (exact) mass is 676 g/mol. The van der Waals surface area contributed by atoms with E-state index in [-0.39, 0.29) is 29.7 Å². The van der Waals surface area contributed by atoms with Crippen LogP contribution in [0.25, 0.3) is 11.3 Å². The SMILES string of the molecule is C=C/C(CC(=O)O)=N\N(CC)CC(=O)N1CCC(c2nc(-c3cc(C(C)(C)C)c(OC)c(C(C)(C)C)c3)cs2)CC1.CBr. The number of likely N-dealkylation sites (N-methyl/N-ethyl adjacent to an activating group) is 1. The van der Waals surface area contributed by atoms with Crippen LogP contribution in [0.3, 0.4) is 0 Å². The highest BCUT2D eigenvalue weighted by atomic mass is 79.9. The van der Waals surface area contributed by atoms with Crippen LogP contribution in [0.4, 0.5) is 0 Å². The number of hydrogen-bond acceptors (Lipinski definition) is 7. The van der Waals surface area contributed by atoms with Crippen LogP contribution in [-0.4, -0.2) is 76.7 Å². The minimum atomic E-state index is -0.977. The average molecular weight is 678 g/mol. The Morgan fingerprint density at radius 3 is 2.16 bits per heavy atom. The number of nitrogens with zero attached hydrogens (tertiary/aromatic N) is 4. The van der Waals surface area contributed by atoms with Crippen molar-refractivity contribution >= 4 is 44.9 Å². The highest BCUT2D eigenvalue weighted by Crippen LogP contribution is 2.43. The predicted octanol–water partition coefficient (Wildman–Crippen LogP) is 7.47. The van der Waals surface area contributed by atoms with Gasteiger partial charge in [-0.1, -0.05) is 64.1 Å². The Balaban J connectivity index is 0.00000316. The number of piperidine rings is 1. The van der Waals surface area contributed by atoms with Gasteiger partial charge in [0.05, 0.1) is 29.9 Å². The minimum absolute atomic E-state index is 0.00438. The zero-order chi connectivity index (χ0) is 32.5. The van der Waals surface area contributed by atoms with E-state index in [1.165, 1.54) is 17.2 Å². The number of hydrazone groups is 1. The van der Waals surface area contributed by atoms with Crippen molar-refractivity contribution in [3.8, 4) is 17.0 Å². The lowest BCUT2D eigenvalue weighted by molar-refractivity contribution is -0.135. The second-order valence-corrected chi connectivity index (χ2v) is 13.6. The smallest absolute Gasteiger partial charge is 0.309 e. The summed E-state index contributed by atoms with van der Waals surface area (Å²) in [6, 6.07) is 4.45. The number of carbonyl (C=O) groups excluding carboxylic acids is 1. The summed E-state index contributed by atoms with van der Waals surface area (Å²) in [5.41, 5.74) is 4.63. The number of hydrogen-bond donors (Lipinski definition) is 1. The first kappa shape index (κ1) is 36.5. The topological polar surface area (TPSA) is 95.3 Å². The Morgan fingerprint density at radius 1 is 1.16 bits per heavy atom. The molecule has 0 spiro atoms. The number of amides is 1. The van der Waals surface area contributed by atoms with E-state index in [9.17, 15) is 9.59 Å². The van der Waals surface area contributed by atoms with Crippen LogP contribution in [-0.2, 0) is 20.4 Å². The number of rotatable bonds is 10. The second kappa shape index (κ2) is 15.8. The van der Waals surface area contributed by atoms with E-state index in [4.69, 9.17) is 14.8 Å². The Hall–Kier alpha value is -2.72. The molecular formula is C33H49BrN4O4S. The molecule has 1 saturated heterocycles. The fourth-order valence-corrected chi connectivity index (χ4v) is 6.05.